The first-order valence-electron chi connectivity index (χ1n) is 11.9. The zero-order chi connectivity index (χ0) is 23.8. The fourth-order valence-electron chi connectivity index (χ4n) is 5.09. The van der Waals surface area contributed by atoms with E-state index in [1.807, 2.05) is 44.2 Å². The lowest BCUT2D eigenvalue weighted by atomic mass is 9.94. The van der Waals surface area contributed by atoms with Crippen molar-refractivity contribution in [1.82, 2.24) is 4.90 Å². The first-order valence-corrected chi connectivity index (χ1v) is 11.9. The second kappa shape index (κ2) is 9.14. The molecule has 178 valence electrons. The first-order chi connectivity index (χ1) is 16.5. The molecular formula is C27H29NO6. The monoisotopic (exact) mass is 463 g/mol. The third-order valence-corrected chi connectivity index (χ3v) is 6.62. The standard InChI is InChI=1S/C27H29NO6/c1-3-32-20-7-4-6-17(14-20)24-23(26(30)27(31)28(24)15-21-8-5-11-33-21)25(29)18-9-10-22-19(13-18)12-16(2)34-22/h4,6-7,9-10,13-14,16,21,24,29H,3,5,8,11-12,15H2,1-2H3/b25-23-. The molecule has 7 nitrogen and oxygen atoms in total. The van der Waals surface area contributed by atoms with Crippen LogP contribution in [0.3, 0.4) is 0 Å². The van der Waals surface area contributed by atoms with Gasteiger partial charge < -0.3 is 24.2 Å². The summed E-state index contributed by atoms with van der Waals surface area (Å²) in [6.45, 7) is 5.32. The van der Waals surface area contributed by atoms with Crippen LogP contribution in [0.1, 0.15) is 49.4 Å². The van der Waals surface area contributed by atoms with Crippen LogP contribution in [0.2, 0.25) is 0 Å². The van der Waals surface area contributed by atoms with Gasteiger partial charge in [-0.25, -0.2) is 0 Å². The van der Waals surface area contributed by atoms with E-state index in [0.29, 0.717) is 36.6 Å². The summed E-state index contributed by atoms with van der Waals surface area (Å²) in [6.07, 6.45) is 2.41. The van der Waals surface area contributed by atoms with Gasteiger partial charge in [0, 0.05) is 25.1 Å². The Balaban J connectivity index is 1.60. The number of hydrogen-bond acceptors (Lipinski definition) is 6. The van der Waals surface area contributed by atoms with Crippen molar-refractivity contribution in [2.24, 2.45) is 0 Å². The van der Waals surface area contributed by atoms with Crippen LogP contribution in [0, 0.1) is 0 Å². The maximum Gasteiger partial charge on any atom is 0.295 e. The maximum atomic E-state index is 13.3. The molecule has 2 aromatic carbocycles. The summed E-state index contributed by atoms with van der Waals surface area (Å²) in [5.74, 6) is -0.0630. The van der Waals surface area contributed by atoms with E-state index in [0.717, 1.165) is 30.6 Å². The number of fused-ring (bicyclic) bond motifs is 1. The largest absolute Gasteiger partial charge is 0.507 e. The molecule has 1 amide bonds. The summed E-state index contributed by atoms with van der Waals surface area (Å²) in [7, 11) is 0. The predicted molar refractivity (Wildman–Crippen MR) is 126 cm³/mol. The summed E-state index contributed by atoms with van der Waals surface area (Å²) in [5, 5.41) is 11.4. The second-order valence-electron chi connectivity index (χ2n) is 9.05. The highest BCUT2D eigenvalue weighted by atomic mass is 16.5. The minimum absolute atomic E-state index is 0.0608. The lowest BCUT2D eigenvalue weighted by Gasteiger charge is -2.27. The summed E-state index contributed by atoms with van der Waals surface area (Å²) in [6, 6.07) is 12.0. The fourth-order valence-corrected chi connectivity index (χ4v) is 5.09. The molecular weight excluding hydrogens is 434 g/mol. The van der Waals surface area contributed by atoms with E-state index in [9.17, 15) is 14.7 Å². The average Bonchev–Trinajstić information content (AvgIpc) is 3.53. The predicted octanol–water partition coefficient (Wildman–Crippen LogP) is 4.01. The molecule has 3 aliphatic rings. The first kappa shape index (κ1) is 22.5. The minimum atomic E-state index is -0.729. The van der Waals surface area contributed by atoms with E-state index in [2.05, 4.69) is 0 Å². The van der Waals surface area contributed by atoms with Crippen LogP contribution in [0.15, 0.2) is 48.0 Å². The van der Waals surface area contributed by atoms with Crippen LogP contribution in [-0.2, 0) is 20.7 Å². The van der Waals surface area contributed by atoms with Crippen LogP contribution < -0.4 is 9.47 Å². The summed E-state index contributed by atoms with van der Waals surface area (Å²) < 4.78 is 17.2. The zero-order valence-corrected chi connectivity index (χ0v) is 19.5. The molecule has 0 aromatic heterocycles. The number of likely N-dealkylation sites (tertiary alicyclic amines) is 1. The molecule has 34 heavy (non-hydrogen) atoms. The van der Waals surface area contributed by atoms with Gasteiger partial charge in [-0.3, -0.25) is 9.59 Å². The van der Waals surface area contributed by atoms with Crippen LogP contribution in [-0.4, -0.2) is 53.7 Å². The number of carbonyl (C=O) groups excluding carboxylic acids is 2. The van der Waals surface area contributed by atoms with Gasteiger partial charge in [-0.05, 0) is 68.1 Å². The van der Waals surface area contributed by atoms with E-state index >= 15 is 0 Å². The smallest absolute Gasteiger partial charge is 0.295 e. The van der Waals surface area contributed by atoms with Gasteiger partial charge in [0.15, 0.2) is 0 Å². The lowest BCUT2D eigenvalue weighted by Crippen LogP contribution is -2.36. The van der Waals surface area contributed by atoms with Crippen molar-refractivity contribution in [2.45, 2.75) is 51.4 Å². The normalized spacial score (nSPS) is 25.5. The molecule has 5 rings (SSSR count). The number of carbonyl (C=O) groups is 2. The van der Waals surface area contributed by atoms with Gasteiger partial charge in [0.1, 0.15) is 23.4 Å². The molecule has 2 aromatic rings. The Labute approximate surface area is 198 Å². The Kier molecular flexibility index (Phi) is 6.04. The van der Waals surface area contributed by atoms with Gasteiger partial charge in [0.05, 0.1) is 24.3 Å². The molecule has 1 N–H and O–H groups in total. The number of ether oxygens (including phenoxy) is 3. The Morgan fingerprint density at radius 3 is 2.82 bits per heavy atom. The molecule has 0 spiro atoms. The van der Waals surface area contributed by atoms with Crippen molar-refractivity contribution < 1.29 is 28.9 Å². The molecule has 2 saturated heterocycles. The quantitative estimate of drug-likeness (QED) is 0.396. The third kappa shape index (κ3) is 4.05. The van der Waals surface area contributed by atoms with E-state index in [-0.39, 0.29) is 23.5 Å². The van der Waals surface area contributed by atoms with Gasteiger partial charge in [-0.15, -0.1) is 0 Å². The number of aliphatic hydroxyl groups is 1. The molecule has 3 heterocycles. The van der Waals surface area contributed by atoms with Crippen molar-refractivity contribution in [3.8, 4) is 11.5 Å². The van der Waals surface area contributed by atoms with Gasteiger partial charge in [0.2, 0.25) is 0 Å². The highest BCUT2D eigenvalue weighted by molar-refractivity contribution is 6.46. The molecule has 2 fully saturated rings. The maximum absolute atomic E-state index is 13.3. The number of amides is 1. The highest BCUT2D eigenvalue weighted by Crippen LogP contribution is 2.41. The van der Waals surface area contributed by atoms with Crippen molar-refractivity contribution >= 4 is 17.4 Å². The Hall–Kier alpha value is -3.32. The van der Waals surface area contributed by atoms with Crippen LogP contribution in [0.25, 0.3) is 5.76 Å². The lowest BCUT2D eigenvalue weighted by molar-refractivity contribution is -0.140. The van der Waals surface area contributed by atoms with Gasteiger partial charge in [-0.2, -0.15) is 0 Å². The van der Waals surface area contributed by atoms with Crippen LogP contribution in [0.5, 0.6) is 11.5 Å². The van der Waals surface area contributed by atoms with E-state index in [1.165, 1.54) is 4.90 Å². The Bertz CT molecular complexity index is 1150. The summed E-state index contributed by atoms with van der Waals surface area (Å²) in [4.78, 5) is 28.0. The fraction of sp³-hybridized carbons (Fsp3) is 0.407. The molecule has 3 atom stereocenters. The molecule has 3 aliphatic heterocycles. The topological polar surface area (TPSA) is 85.3 Å². The van der Waals surface area contributed by atoms with Crippen molar-refractivity contribution in [3.05, 3.63) is 64.7 Å². The van der Waals surface area contributed by atoms with Crippen molar-refractivity contribution in [3.63, 3.8) is 0 Å². The average molecular weight is 464 g/mol. The Morgan fingerprint density at radius 1 is 1.21 bits per heavy atom. The molecule has 3 unspecified atom stereocenters. The Morgan fingerprint density at radius 2 is 2.06 bits per heavy atom. The van der Waals surface area contributed by atoms with E-state index in [1.54, 1.807) is 12.1 Å². The second-order valence-corrected chi connectivity index (χ2v) is 9.05. The van der Waals surface area contributed by atoms with Crippen molar-refractivity contribution in [1.29, 1.82) is 0 Å². The molecule has 0 bridgehead atoms. The number of aliphatic hydroxyl groups excluding tert-OH is 1. The molecule has 7 heteroatoms. The third-order valence-electron chi connectivity index (χ3n) is 6.62. The van der Waals surface area contributed by atoms with Crippen LogP contribution >= 0.6 is 0 Å². The van der Waals surface area contributed by atoms with Gasteiger partial charge >= 0.3 is 0 Å². The summed E-state index contributed by atoms with van der Waals surface area (Å²) in [5.41, 5.74) is 2.27. The van der Waals surface area contributed by atoms with Gasteiger partial charge in [0.25, 0.3) is 11.7 Å². The number of hydrogen-bond donors (Lipinski definition) is 1. The molecule has 0 radical (unpaired) electrons. The zero-order valence-electron chi connectivity index (χ0n) is 19.5. The highest BCUT2D eigenvalue weighted by Gasteiger charge is 2.47. The molecule has 0 saturated carbocycles. The SMILES string of the molecule is CCOc1cccc(C2/C(=C(/O)c3ccc4c(c3)CC(C)O4)C(=O)C(=O)N2CC2CCCO2)c1. The summed E-state index contributed by atoms with van der Waals surface area (Å²) >= 11 is 0. The van der Waals surface area contributed by atoms with Gasteiger partial charge in [-0.1, -0.05) is 12.1 Å². The van der Waals surface area contributed by atoms with Crippen molar-refractivity contribution in [2.75, 3.05) is 19.8 Å². The molecule has 0 aliphatic carbocycles. The minimum Gasteiger partial charge on any atom is -0.507 e. The van der Waals surface area contributed by atoms with E-state index in [4.69, 9.17) is 14.2 Å². The van der Waals surface area contributed by atoms with E-state index < -0.39 is 17.7 Å². The number of rotatable bonds is 6. The number of Topliss-reactive ketones (excluding diaryl/α,β-unsaturated/α-hetero) is 1. The number of nitrogens with zero attached hydrogens (tertiary/aromatic N) is 1. The number of benzene rings is 2. The van der Waals surface area contributed by atoms with Crippen LogP contribution in [0.4, 0.5) is 0 Å². The number of ketones is 1.